The Morgan fingerprint density at radius 3 is 2.32 bits per heavy atom. The number of hydrogen-bond donors (Lipinski definition) is 1. The highest BCUT2D eigenvalue weighted by Crippen LogP contribution is 2.19. The third-order valence-corrected chi connectivity index (χ3v) is 4.05. The summed E-state index contributed by atoms with van der Waals surface area (Å²) < 4.78 is 1.57. The number of nitrogens with zero attached hydrogens (tertiary/aromatic N) is 4. The lowest BCUT2D eigenvalue weighted by atomic mass is 10.1. The van der Waals surface area contributed by atoms with Crippen LogP contribution in [0.5, 0.6) is 0 Å². The van der Waals surface area contributed by atoms with Crippen LogP contribution in [-0.2, 0) is 12.8 Å². The van der Waals surface area contributed by atoms with Gasteiger partial charge in [0.05, 0.1) is 11.4 Å². The Labute approximate surface area is 146 Å². The normalized spacial score (nSPS) is 10.7. The van der Waals surface area contributed by atoms with Crippen LogP contribution in [0.2, 0.25) is 0 Å². The Bertz CT molecular complexity index is 921. The molecule has 0 radical (unpaired) electrons. The molecule has 2 N–H and O–H groups in total. The van der Waals surface area contributed by atoms with Crippen LogP contribution in [0.25, 0.3) is 5.69 Å². The van der Waals surface area contributed by atoms with E-state index in [1.54, 1.807) is 4.57 Å². The van der Waals surface area contributed by atoms with Gasteiger partial charge in [-0.25, -0.2) is 20.2 Å². The molecule has 0 atom stereocenters. The third-order valence-electron chi connectivity index (χ3n) is 4.05. The minimum atomic E-state index is -0.380. The van der Waals surface area contributed by atoms with Gasteiger partial charge < -0.3 is 0 Å². The Morgan fingerprint density at radius 2 is 1.64 bits per heavy atom. The summed E-state index contributed by atoms with van der Waals surface area (Å²) in [5.41, 5.74) is 2.23. The fourth-order valence-electron chi connectivity index (χ4n) is 2.76. The molecule has 0 saturated carbocycles. The maximum atomic E-state index is 12.8. The molecule has 25 heavy (non-hydrogen) atoms. The molecule has 2 aromatic carbocycles. The number of rotatable bonds is 5. The summed E-state index contributed by atoms with van der Waals surface area (Å²) in [5.74, 6) is 6.93. The van der Waals surface area contributed by atoms with Crippen LogP contribution in [0.4, 0.5) is 11.6 Å². The summed E-state index contributed by atoms with van der Waals surface area (Å²) >= 11 is 0. The molecule has 0 unspecified atom stereocenters. The Balaban J connectivity index is 2.13. The summed E-state index contributed by atoms with van der Waals surface area (Å²) in [4.78, 5) is 21.4. The van der Waals surface area contributed by atoms with Gasteiger partial charge in [0.25, 0.3) is 5.95 Å². The average molecular weight is 335 g/mol. The van der Waals surface area contributed by atoms with Gasteiger partial charge in [-0.1, -0.05) is 50.2 Å². The maximum absolute atomic E-state index is 12.8. The van der Waals surface area contributed by atoms with Gasteiger partial charge >= 0.3 is 5.69 Å². The van der Waals surface area contributed by atoms with E-state index < -0.39 is 0 Å². The zero-order valence-corrected chi connectivity index (χ0v) is 14.4. The molecule has 6 heteroatoms. The Kier molecular flexibility index (Phi) is 4.90. The van der Waals surface area contributed by atoms with E-state index in [2.05, 4.69) is 16.9 Å². The second kappa shape index (κ2) is 7.27. The topological polar surface area (TPSA) is 77.0 Å². The molecule has 1 heterocycles. The van der Waals surface area contributed by atoms with E-state index in [1.807, 2.05) is 61.5 Å². The van der Waals surface area contributed by atoms with Crippen LogP contribution in [0.1, 0.15) is 25.2 Å². The summed E-state index contributed by atoms with van der Waals surface area (Å²) in [6.07, 6.45) is 1.41. The molecule has 3 rings (SSSR count). The summed E-state index contributed by atoms with van der Waals surface area (Å²) in [5, 5.41) is 1.33. The number of nitrogens with two attached hydrogens (primary N) is 1. The van der Waals surface area contributed by atoms with Crippen molar-refractivity contribution >= 4 is 11.6 Å². The number of para-hydroxylation sites is 2. The predicted octanol–water partition coefficient (Wildman–Crippen LogP) is 2.76. The summed E-state index contributed by atoms with van der Waals surface area (Å²) in [6.45, 7) is 4.02. The van der Waals surface area contributed by atoms with Crippen LogP contribution in [0.15, 0.2) is 59.4 Å². The first-order chi connectivity index (χ1) is 12.2. The standard InChI is InChI=1S/C19H21N5O/c1-3-14-10-8-9-13-16(14)23-17(4-2)21-18(22-19(23)25)24(20)15-11-6-5-7-12-15/h5-13H,3-4,20H2,1-2H3. The molecular formula is C19H21N5O. The van der Waals surface area contributed by atoms with Crippen molar-refractivity contribution in [1.29, 1.82) is 0 Å². The minimum absolute atomic E-state index is 0.193. The van der Waals surface area contributed by atoms with Crippen molar-refractivity contribution in [1.82, 2.24) is 14.5 Å². The lowest BCUT2D eigenvalue weighted by Gasteiger charge is -2.19. The highest BCUT2D eigenvalue weighted by atomic mass is 16.1. The minimum Gasteiger partial charge on any atom is -0.248 e. The first-order valence-electron chi connectivity index (χ1n) is 8.33. The highest BCUT2D eigenvalue weighted by molar-refractivity contribution is 5.55. The molecule has 0 spiro atoms. The highest BCUT2D eigenvalue weighted by Gasteiger charge is 2.16. The molecule has 128 valence electrons. The van der Waals surface area contributed by atoms with Crippen molar-refractivity contribution in [2.24, 2.45) is 5.84 Å². The number of benzene rings is 2. The molecule has 6 nitrogen and oxygen atoms in total. The lowest BCUT2D eigenvalue weighted by Crippen LogP contribution is -2.34. The summed E-state index contributed by atoms with van der Waals surface area (Å²) in [6, 6.07) is 17.1. The van der Waals surface area contributed by atoms with Crippen molar-refractivity contribution < 1.29 is 0 Å². The molecule has 0 bridgehead atoms. The smallest absolute Gasteiger partial charge is 0.248 e. The van der Waals surface area contributed by atoms with Crippen molar-refractivity contribution in [3.8, 4) is 5.69 Å². The Hall–Kier alpha value is -2.99. The van der Waals surface area contributed by atoms with E-state index in [9.17, 15) is 4.79 Å². The van der Waals surface area contributed by atoms with Crippen molar-refractivity contribution in [3.05, 3.63) is 76.5 Å². The van der Waals surface area contributed by atoms with Crippen LogP contribution >= 0.6 is 0 Å². The molecular weight excluding hydrogens is 314 g/mol. The fourth-order valence-corrected chi connectivity index (χ4v) is 2.76. The van der Waals surface area contributed by atoms with Crippen molar-refractivity contribution in [3.63, 3.8) is 0 Å². The number of hydrazine groups is 1. The van der Waals surface area contributed by atoms with E-state index in [0.29, 0.717) is 12.2 Å². The Morgan fingerprint density at radius 1 is 0.960 bits per heavy atom. The molecule has 0 aliphatic rings. The number of anilines is 2. The predicted molar refractivity (Wildman–Crippen MR) is 99.2 cm³/mol. The van der Waals surface area contributed by atoms with Crippen molar-refractivity contribution in [2.75, 3.05) is 5.01 Å². The van der Waals surface area contributed by atoms with Gasteiger partial charge in [0, 0.05) is 6.42 Å². The quantitative estimate of drug-likeness (QED) is 0.573. The zero-order chi connectivity index (χ0) is 17.8. The van der Waals surface area contributed by atoms with E-state index in [-0.39, 0.29) is 11.6 Å². The molecule has 0 amide bonds. The summed E-state index contributed by atoms with van der Waals surface area (Å²) in [7, 11) is 0. The van der Waals surface area contributed by atoms with Crippen molar-refractivity contribution in [2.45, 2.75) is 26.7 Å². The van der Waals surface area contributed by atoms with Gasteiger partial charge in [-0.3, -0.25) is 0 Å². The lowest BCUT2D eigenvalue weighted by molar-refractivity contribution is 0.751. The monoisotopic (exact) mass is 335 g/mol. The van der Waals surface area contributed by atoms with Gasteiger partial charge in [-0.15, -0.1) is 0 Å². The third kappa shape index (κ3) is 3.29. The zero-order valence-electron chi connectivity index (χ0n) is 14.4. The van der Waals surface area contributed by atoms with Crippen LogP contribution in [-0.4, -0.2) is 14.5 Å². The largest absolute Gasteiger partial charge is 0.356 e. The van der Waals surface area contributed by atoms with E-state index in [1.165, 1.54) is 5.01 Å². The second-order valence-corrected chi connectivity index (χ2v) is 5.60. The van der Waals surface area contributed by atoms with Gasteiger partial charge in [0.2, 0.25) is 0 Å². The van der Waals surface area contributed by atoms with Crippen LogP contribution in [0.3, 0.4) is 0 Å². The molecule has 1 aromatic heterocycles. The van der Waals surface area contributed by atoms with E-state index in [4.69, 9.17) is 5.84 Å². The number of hydrogen-bond acceptors (Lipinski definition) is 5. The van der Waals surface area contributed by atoms with Crippen LogP contribution < -0.4 is 16.5 Å². The molecule has 0 fully saturated rings. The molecule has 0 saturated heterocycles. The first kappa shape index (κ1) is 16.9. The fraction of sp³-hybridized carbons (Fsp3) is 0.211. The first-order valence-corrected chi connectivity index (χ1v) is 8.33. The number of aromatic nitrogens is 3. The molecule has 0 aliphatic carbocycles. The van der Waals surface area contributed by atoms with Gasteiger partial charge in [-0.2, -0.15) is 9.97 Å². The van der Waals surface area contributed by atoms with Gasteiger partial charge in [0.15, 0.2) is 0 Å². The number of aryl methyl sites for hydroxylation is 2. The van der Waals surface area contributed by atoms with E-state index in [0.717, 1.165) is 23.4 Å². The van der Waals surface area contributed by atoms with Gasteiger partial charge in [-0.05, 0) is 30.2 Å². The van der Waals surface area contributed by atoms with Gasteiger partial charge in [0.1, 0.15) is 5.82 Å². The SMILES string of the molecule is CCc1ccccc1-n1c(CC)nc(N(N)c2ccccc2)nc1=O. The second-order valence-electron chi connectivity index (χ2n) is 5.60. The van der Waals surface area contributed by atoms with E-state index >= 15 is 0 Å². The molecule has 0 aliphatic heterocycles. The molecule has 3 aromatic rings. The average Bonchev–Trinajstić information content (AvgIpc) is 2.67. The maximum Gasteiger partial charge on any atom is 0.356 e. The van der Waals surface area contributed by atoms with Crippen LogP contribution in [0, 0.1) is 0 Å².